The van der Waals surface area contributed by atoms with Crippen molar-refractivity contribution in [3.05, 3.63) is 0 Å². The zero-order valence-corrected chi connectivity index (χ0v) is 10.1. The number of likely N-dealkylation sites (tertiary alicyclic amines) is 1. The topological polar surface area (TPSA) is 44.5 Å². The van der Waals surface area contributed by atoms with E-state index in [4.69, 9.17) is 5.73 Å². The summed E-state index contributed by atoms with van der Waals surface area (Å²) >= 11 is 0. The molecule has 2 fully saturated rings. The lowest BCUT2D eigenvalue weighted by Gasteiger charge is -2.48. The molecular weight excluding hydrogens is 188 g/mol. The fourth-order valence-electron chi connectivity index (χ4n) is 2.90. The van der Waals surface area contributed by atoms with Crippen molar-refractivity contribution in [1.29, 1.82) is 0 Å². The number of rotatable bonds is 1. The molecule has 0 bridgehead atoms. The second-order valence-electron chi connectivity index (χ2n) is 5.37. The molecule has 0 saturated carbocycles. The van der Waals surface area contributed by atoms with Crippen LogP contribution in [0.2, 0.25) is 0 Å². The Balaban J connectivity index is 2.01. The quantitative estimate of drug-likeness (QED) is 0.616. The lowest BCUT2D eigenvalue weighted by Crippen LogP contribution is -2.64. The van der Waals surface area contributed by atoms with Crippen molar-refractivity contribution in [2.24, 2.45) is 11.7 Å². The Labute approximate surface area is 92.8 Å². The molecule has 2 aliphatic heterocycles. The van der Waals surface area contributed by atoms with Crippen LogP contribution in [-0.2, 0) is 0 Å². The number of nitrogens with one attached hydrogen (secondary N) is 1. The highest BCUT2D eigenvalue weighted by atomic mass is 15.3. The van der Waals surface area contributed by atoms with Crippen LogP contribution in [0.4, 0.5) is 0 Å². The van der Waals surface area contributed by atoms with Crippen molar-refractivity contribution in [2.45, 2.75) is 31.1 Å². The molecule has 2 saturated heterocycles. The van der Waals surface area contributed by atoms with E-state index in [0.717, 1.165) is 13.0 Å². The molecular formula is C11H24N4. The second-order valence-corrected chi connectivity index (χ2v) is 5.37. The lowest BCUT2D eigenvalue weighted by molar-refractivity contribution is 0.0588. The highest BCUT2D eigenvalue weighted by Crippen LogP contribution is 2.26. The summed E-state index contributed by atoms with van der Waals surface area (Å²) in [5, 5.41) is 3.73. The number of piperidine rings is 2. The molecule has 0 aromatic rings. The minimum absolute atomic E-state index is 0.353. The SMILES string of the molecule is CN1CCC2NC(N(C)C)CC(N)C2C1. The number of nitrogens with two attached hydrogens (primary N) is 1. The minimum atomic E-state index is 0.353. The zero-order valence-electron chi connectivity index (χ0n) is 10.1. The summed E-state index contributed by atoms with van der Waals surface area (Å²) in [7, 11) is 6.44. The third-order valence-corrected chi connectivity index (χ3v) is 3.94. The van der Waals surface area contributed by atoms with E-state index in [2.05, 4.69) is 36.3 Å². The fraction of sp³-hybridized carbons (Fsp3) is 1.00. The van der Waals surface area contributed by atoms with Gasteiger partial charge in [-0.25, -0.2) is 0 Å². The van der Waals surface area contributed by atoms with Gasteiger partial charge in [-0.1, -0.05) is 0 Å². The molecule has 2 aliphatic rings. The van der Waals surface area contributed by atoms with Crippen LogP contribution in [0.25, 0.3) is 0 Å². The average molecular weight is 212 g/mol. The Kier molecular flexibility index (Phi) is 3.30. The Morgan fingerprint density at radius 1 is 1.40 bits per heavy atom. The van der Waals surface area contributed by atoms with Gasteiger partial charge in [-0.3, -0.25) is 10.2 Å². The molecule has 0 aromatic carbocycles. The predicted molar refractivity (Wildman–Crippen MR) is 62.6 cm³/mol. The Hall–Kier alpha value is -0.160. The van der Waals surface area contributed by atoms with Crippen LogP contribution in [0.5, 0.6) is 0 Å². The summed E-state index contributed by atoms with van der Waals surface area (Å²) in [4.78, 5) is 4.65. The summed E-state index contributed by atoms with van der Waals surface area (Å²) in [5.74, 6) is 0.639. The molecule has 15 heavy (non-hydrogen) atoms. The van der Waals surface area contributed by atoms with Crippen molar-refractivity contribution in [3.8, 4) is 0 Å². The third kappa shape index (κ3) is 2.33. The second kappa shape index (κ2) is 4.37. The first-order valence-corrected chi connectivity index (χ1v) is 5.94. The van der Waals surface area contributed by atoms with Crippen LogP contribution >= 0.6 is 0 Å². The van der Waals surface area contributed by atoms with Crippen LogP contribution in [0.15, 0.2) is 0 Å². The number of hydrogen-bond acceptors (Lipinski definition) is 4. The molecule has 4 unspecified atom stereocenters. The van der Waals surface area contributed by atoms with E-state index in [-0.39, 0.29) is 0 Å². The van der Waals surface area contributed by atoms with Gasteiger partial charge in [0.15, 0.2) is 0 Å². The lowest BCUT2D eigenvalue weighted by atomic mass is 9.81. The highest BCUT2D eigenvalue weighted by molar-refractivity contribution is 4.96. The van der Waals surface area contributed by atoms with Crippen LogP contribution < -0.4 is 11.1 Å². The maximum absolute atomic E-state index is 6.29. The van der Waals surface area contributed by atoms with Gasteiger partial charge < -0.3 is 10.6 Å². The van der Waals surface area contributed by atoms with Crippen molar-refractivity contribution in [3.63, 3.8) is 0 Å². The van der Waals surface area contributed by atoms with Crippen LogP contribution in [-0.4, -0.2) is 62.3 Å². The van der Waals surface area contributed by atoms with Gasteiger partial charge in [0.05, 0.1) is 6.17 Å². The minimum Gasteiger partial charge on any atom is -0.327 e. The van der Waals surface area contributed by atoms with Crippen molar-refractivity contribution >= 4 is 0 Å². The standard InChI is InChI=1S/C11H24N4/c1-14(2)11-6-9(12)8-7-15(3)5-4-10(8)13-11/h8-11,13H,4-7,12H2,1-3H3. The van der Waals surface area contributed by atoms with Gasteiger partial charge in [0, 0.05) is 24.5 Å². The first kappa shape index (κ1) is 11.3. The monoisotopic (exact) mass is 212 g/mol. The molecule has 4 atom stereocenters. The third-order valence-electron chi connectivity index (χ3n) is 3.94. The van der Waals surface area contributed by atoms with Crippen LogP contribution in [0.1, 0.15) is 12.8 Å². The van der Waals surface area contributed by atoms with E-state index >= 15 is 0 Å². The normalized spacial score (nSPS) is 43.0. The van der Waals surface area contributed by atoms with Gasteiger partial charge in [0.1, 0.15) is 0 Å². The van der Waals surface area contributed by atoms with Crippen LogP contribution in [0, 0.1) is 5.92 Å². The Bertz CT molecular complexity index is 219. The van der Waals surface area contributed by atoms with Crippen molar-refractivity contribution in [1.82, 2.24) is 15.1 Å². The molecule has 4 nitrogen and oxygen atoms in total. The van der Waals surface area contributed by atoms with E-state index in [0.29, 0.717) is 24.2 Å². The van der Waals surface area contributed by atoms with E-state index in [1.807, 2.05) is 0 Å². The van der Waals surface area contributed by atoms with E-state index in [1.165, 1.54) is 13.0 Å². The summed E-state index contributed by atoms with van der Waals surface area (Å²) in [6.07, 6.45) is 2.77. The van der Waals surface area contributed by atoms with Crippen molar-refractivity contribution in [2.75, 3.05) is 34.2 Å². The first-order valence-electron chi connectivity index (χ1n) is 5.94. The highest BCUT2D eigenvalue weighted by Gasteiger charge is 2.38. The molecule has 0 radical (unpaired) electrons. The van der Waals surface area contributed by atoms with Gasteiger partial charge in [0.2, 0.25) is 0 Å². The zero-order chi connectivity index (χ0) is 11.0. The molecule has 0 amide bonds. The van der Waals surface area contributed by atoms with Gasteiger partial charge in [-0.2, -0.15) is 0 Å². The van der Waals surface area contributed by atoms with Crippen LogP contribution in [0.3, 0.4) is 0 Å². The summed E-state index contributed by atoms with van der Waals surface area (Å²) in [5.41, 5.74) is 6.29. The average Bonchev–Trinajstić information content (AvgIpc) is 2.18. The summed E-state index contributed by atoms with van der Waals surface area (Å²) in [6, 6.07) is 0.976. The number of fused-ring (bicyclic) bond motifs is 1. The molecule has 2 heterocycles. The number of hydrogen-bond donors (Lipinski definition) is 2. The number of nitrogens with zero attached hydrogens (tertiary/aromatic N) is 2. The smallest absolute Gasteiger partial charge is 0.0609 e. The molecule has 2 rings (SSSR count). The van der Waals surface area contributed by atoms with Gasteiger partial charge in [0.25, 0.3) is 0 Å². The van der Waals surface area contributed by atoms with Gasteiger partial charge in [-0.15, -0.1) is 0 Å². The predicted octanol–water partition coefficient (Wildman–Crippen LogP) is -0.485. The Morgan fingerprint density at radius 2 is 2.13 bits per heavy atom. The Morgan fingerprint density at radius 3 is 2.80 bits per heavy atom. The molecule has 0 spiro atoms. The van der Waals surface area contributed by atoms with Gasteiger partial charge >= 0.3 is 0 Å². The molecule has 0 aliphatic carbocycles. The molecule has 4 heteroatoms. The van der Waals surface area contributed by atoms with Crippen molar-refractivity contribution < 1.29 is 0 Å². The van der Waals surface area contributed by atoms with E-state index in [9.17, 15) is 0 Å². The fourth-order valence-corrected chi connectivity index (χ4v) is 2.90. The summed E-state index contributed by atoms with van der Waals surface area (Å²) in [6.45, 7) is 2.35. The van der Waals surface area contributed by atoms with E-state index < -0.39 is 0 Å². The summed E-state index contributed by atoms with van der Waals surface area (Å²) < 4.78 is 0. The molecule has 88 valence electrons. The van der Waals surface area contributed by atoms with Gasteiger partial charge in [-0.05, 0) is 40.5 Å². The molecule has 3 N–H and O–H groups in total. The largest absolute Gasteiger partial charge is 0.327 e. The first-order chi connectivity index (χ1) is 7.08. The molecule has 0 aromatic heterocycles. The van der Waals surface area contributed by atoms with E-state index in [1.54, 1.807) is 0 Å². The maximum Gasteiger partial charge on any atom is 0.0609 e. The maximum atomic E-state index is 6.29.